The van der Waals surface area contributed by atoms with Gasteiger partial charge in [0.05, 0.1) is 43.7 Å². The third-order valence-corrected chi connectivity index (χ3v) is 9.23. The van der Waals surface area contributed by atoms with Crippen LogP contribution in [0.4, 0.5) is 0 Å². The van der Waals surface area contributed by atoms with Gasteiger partial charge >= 0.3 is 0 Å². The Morgan fingerprint density at radius 1 is 0.902 bits per heavy atom. The maximum absolute atomic E-state index is 10.6. The first-order valence-electron chi connectivity index (χ1n) is 14.8. The smallest absolute Gasteiger partial charge is 0.136 e. The van der Waals surface area contributed by atoms with Gasteiger partial charge in [-0.3, -0.25) is 0 Å². The van der Waals surface area contributed by atoms with Crippen molar-refractivity contribution in [1.29, 1.82) is 0 Å². The van der Waals surface area contributed by atoms with E-state index in [1.54, 1.807) is 0 Å². The van der Waals surface area contributed by atoms with Gasteiger partial charge in [-0.1, -0.05) is 46.9 Å². The van der Waals surface area contributed by atoms with Crippen molar-refractivity contribution in [3.63, 3.8) is 0 Å². The number of hydrogen-bond donors (Lipinski definition) is 3. The number of rotatable bonds is 10. The maximum Gasteiger partial charge on any atom is 0.136 e. The molecule has 2 aliphatic carbocycles. The van der Waals surface area contributed by atoms with E-state index >= 15 is 0 Å². The minimum Gasteiger partial charge on any atom is -0.393 e. The minimum absolute atomic E-state index is 0.0104. The summed E-state index contributed by atoms with van der Waals surface area (Å²) in [4.78, 5) is 0. The molecule has 7 unspecified atom stereocenters. The quantitative estimate of drug-likeness (QED) is 0.254. The van der Waals surface area contributed by atoms with Crippen LogP contribution in [0.5, 0.6) is 0 Å². The van der Waals surface area contributed by atoms with Gasteiger partial charge in [-0.2, -0.15) is 0 Å². The Bertz CT molecular complexity index is 1170. The molecule has 0 radical (unpaired) electrons. The summed E-state index contributed by atoms with van der Waals surface area (Å²) in [5, 5.41) is 24.5. The summed E-state index contributed by atoms with van der Waals surface area (Å²) in [7, 11) is 0. The lowest BCUT2D eigenvalue weighted by Gasteiger charge is -2.40. The van der Waals surface area contributed by atoms with Gasteiger partial charge in [0.2, 0.25) is 0 Å². The molecule has 0 spiro atoms. The molecule has 2 aromatic rings. The molecule has 3 N–H and O–H groups in total. The predicted molar refractivity (Wildman–Crippen MR) is 163 cm³/mol. The van der Waals surface area contributed by atoms with E-state index < -0.39 is 11.2 Å². The highest BCUT2D eigenvalue weighted by Gasteiger charge is 2.44. The number of halogens is 3. The van der Waals surface area contributed by atoms with Crippen LogP contribution in [-0.4, -0.2) is 58.9 Å². The fourth-order valence-electron chi connectivity index (χ4n) is 6.81. The molecular weight excluding hydrogens is 585 g/mol. The molecule has 226 valence electrons. The second-order valence-electron chi connectivity index (χ2n) is 12.3. The topological polar surface area (TPSA) is 80.2 Å². The summed E-state index contributed by atoms with van der Waals surface area (Å²) in [6, 6.07) is 11.7. The van der Waals surface area contributed by atoms with E-state index in [1.807, 2.05) is 44.2 Å². The Morgan fingerprint density at radius 2 is 1.73 bits per heavy atom. The second-order valence-corrected chi connectivity index (χ2v) is 14.1. The monoisotopic (exact) mass is 625 g/mol. The normalized spacial score (nSPS) is 30.7. The van der Waals surface area contributed by atoms with Gasteiger partial charge in [0.25, 0.3) is 0 Å². The van der Waals surface area contributed by atoms with E-state index in [9.17, 15) is 10.2 Å². The van der Waals surface area contributed by atoms with Gasteiger partial charge in [-0.15, -0.1) is 0 Å². The molecular formula is C32H42Cl3NO5. The van der Waals surface area contributed by atoms with Crippen molar-refractivity contribution in [3.05, 3.63) is 57.6 Å². The number of ether oxygens (including phenoxy) is 3. The van der Waals surface area contributed by atoms with E-state index in [-0.39, 0.29) is 36.3 Å². The number of piperidine rings is 1. The van der Waals surface area contributed by atoms with E-state index in [0.29, 0.717) is 42.5 Å². The van der Waals surface area contributed by atoms with Gasteiger partial charge in [-0.05, 0) is 106 Å². The summed E-state index contributed by atoms with van der Waals surface area (Å²) < 4.78 is 18.9. The van der Waals surface area contributed by atoms with Crippen LogP contribution in [-0.2, 0) is 27.4 Å². The molecule has 6 nitrogen and oxygen atoms in total. The van der Waals surface area contributed by atoms with E-state index in [1.165, 1.54) is 0 Å². The number of hydrogen-bond acceptors (Lipinski definition) is 6. The average Bonchev–Trinajstić information content (AvgIpc) is 3.49. The van der Waals surface area contributed by atoms with Crippen LogP contribution in [0.25, 0.3) is 11.1 Å². The van der Waals surface area contributed by atoms with Crippen molar-refractivity contribution in [2.24, 2.45) is 11.8 Å². The molecule has 1 saturated heterocycles. The summed E-state index contributed by atoms with van der Waals surface area (Å²) in [6.45, 7) is 6.22. The molecule has 41 heavy (non-hydrogen) atoms. The lowest BCUT2D eigenvalue weighted by molar-refractivity contribution is -0.0957. The molecule has 9 heteroatoms. The van der Waals surface area contributed by atoms with Gasteiger partial charge in [0, 0.05) is 28.1 Å². The van der Waals surface area contributed by atoms with Crippen LogP contribution in [0.15, 0.2) is 36.4 Å². The van der Waals surface area contributed by atoms with Crippen LogP contribution >= 0.6 is 34.8 Å². The highest BCUT2D eigenvalue weighted by Crippen LogP contribution is 2.41. The van der Waals surface area contributed by atoms with E-state index in [4.69, 9.17) is 49.0 Å². The summed E-state index contributed by atoms with van der Waals surface area (Å²) >= 11 is 19.8. The number of aliphatic hydroxyl groups excluding tert-OH is 2. The SMILES string of the molecule is CC(C)(Cl)OC1CCNCC1C1CC(O)CC1OCc1cc(Cl)cc(-c2c(Cl)cccc2COC2CCC(O)C2)c1. The van der Waals surface area contributed by atoms with Crippen LogP contribution in [0.2, 0.25) is 10.0 Å². The Kier molecular flexibility index (Phi) is 10.6. The van der Waals surface area contributed by atoms with Crippen LogP contribution < -0.4 is 5.32 Å². The number of nitrogens with one attached hydrogen (secondary N) is 1. The highest BCUT2D eigenvalue weighted by molar-refractivity contribution is 6.34. The van der Waals surface area contributed by atoms with Crippen molar-refractivity contribution >= 4 is 34.8 Å². The highest BCUT2D eigenvalue weighted by atomic mass is 35.5. The van der Waals surface area contributed by atoms with Crippen LogP contribution in [0.3, 0.4) is 0 Å². The van der Waals surface area contributed by atoms with Gasteiger partial charge in [0.1, 0.15) is 5.06 Å². The predicted octanol–water partition coefficient (Wildman–Crippen LogP) is 6.72. The summed E-state index contributed by atoms with van der Waals surface area (Å²) in [5.41, 5.74) is 3.71. The Morgan fingerprint density at radius 3 is 2.49 bits per heavy atom. The molecule has 0 amide bonds. The molecule has 3 fully saturated rings. The fourth-order valence-corrected chi connectivity index (χ4v) is 7.48. The second kappa shape index (κ2) is 13.8. The van der Waals surface area contributed by atoms with Crippen molar-refractivity contribution in [1.82, 2.24) is 5.32 Å². The first kappa shape index (κ1) is 31.5. The Balaban J connectivity index is 1.30. The molecule has 0 aromatic heterocycles. The van der Waals surface area contributed by atoms with Gasteiger partial charge < -0.3 is 29.7 Å². The Labute approximate surface area is 258 Å². The standard InChI is InChI=1S/C32H42Cl3NO5/c1-32(2,35)41-29-8-9-36-16-27(29)26-14-24(38)15-30(26)40-17-19-10-21(12-22(33)11-19)31-20(4-3-5-28(31)34)18-39-25-7-6-23(37)13-25/h3-5,10-12,23-27,29-30,36-38H,6-9,13-18H2,1-2H3. The van der Waals surface area contributed by atoms with Crippen LogP contribution in [0, 0.1) is 11.8 Å². The lowest BCUT2D eigenvalue weighted by atomic mass is 9.81. The molecule has 1 heterocycles. The molecule has 2 aromatic carbocycles. The summed E-state index contributed by atoms with van der Waals surface area (Å²) in [6.07, 6.45) is 3.72. The van der Waals surface area contributed by atoms with E-state index in [0.717, 1.165) is 54.6 Å². The Hall–Kier alpha value is -0.930. The molecule has 5 rings (SSSR count). The molecule has 0 bridgehead atoms. The van der Waals surface area contributed by atoms with Crippen LogP contribution in [0.1, 0.15) is 63.5 Å². The number of benzene rings is 2. The van der Waals surface area contributed by atoms with Crippen molar-refractivity contribution in [2.45, 2.75) is 101 Å². The van der Waals surface area contributed by atoms with Crippen molar-refractivity contribution < 1.29 is 24.4 Å². The average molecular weight is 627 g/mol. The molecule has 7 atom stereocenters. The molecule has 2 saturated carbocycles. The van der Waals surface area contributed by atoms with Crippen molar-refractivity contribution in [2.75, 3.05) is 13.1 Å². The van der Waals surface area contributed by atoms with Crippen molar-refractivity contribution in [3.8, 4) is 11.1 Å². The largest absolute Gasteiger partial charge is 0.393 e. The fraction of sp³-hybridized carbons (Fsp3) is 0.625. The molecule has 3 aliphatic rings. The zero-order chi connectivity index (χ0) is 29.1. The maximum atomic E-state index is 10.6. The number of alkyl halides is 1. The zero-order valence-electron chi connectivity index (χ0n) is 23.8. The van der Waals surface area contributed by atoms with E-state index in [2.05, 4.69) is 11.4 Å². The lowest BCUT2D eigenvalue weighted by Crippen LogP contribution is -2.48. The van der Waals surface area contributed by atoms with Gasteiger partial charge in [-0.25, -0.2) is 0 Å². The van der Waals surface area contributed by atoms with Gasteiger partial charge in [0.15, 0.2) is 0 Å². The first-order valence-corrected chi connectivity index (χ1v) is 15.9. The third kappa shape index (κ3) is 8.37. The summed E-state index contributed by atoms with van der Waals surface area (Å²) in [5.74, 6) is 0.354. The minimum atomic E-state index is -0.744. The third-order valence-electron chi connectivity index (χ3n) is 8.61. The molecule has 1 aliphatic heterocycles. The zero-order valence-corrected chi connectivity index (χ0v) is 26.1. The number of aliphatic hydroxyl groups is 2. The first-order chi connectivity index (χ1) is 19.6.